The summed E-state index contributed by atoms with van der Waals surface area (Å²) < 4.78 is 5.70. The number of urea groups is 1. The van der Waals surface area contributed by atoms with Gasteiger partial charge in [0.1, 0.15) is 5.52 Å². The van der Waals surface area contributed by atoms with Gasteiger partial charge in [0.15, 0.2) is 11.5 Å². The molecule has 0 atom stereocenters. The molecule has 24 heavy (non-hydrogen) atoms. The maximum Gasteiger partial charge on any atom is 0.323 e. The second-order valence-corrected chi connectivity index (χ2v) is 5.78. The van der Waals surface area contributed by atoms with E-state index in [9.17, 15) is 4.79 Å². The quantitative estimate of drug-likeness (QED) is 0.756. The van der Waals surface area contributed by atoms with Crippen LogP contribution >= 0.6 is 0 Å². The van der Waals surface area contributed by atoms with Crippen molar-refractivity contribution in [1.82, 2.24) is 4.98 Å². The molecule has 2 amide bonds. The first kappa shape index (κ1) is 14.3. The average Bonchev–Trinajstić information content (AvgIpc) is 3.35. The van der Waals surface area contributed by atoms with Crippen molar-refractivity contribution in [2.75, 3.05) is 10.6 Å². The number of benzene rings is 2. The van der Waals surface area contributed by atoms with E-state index < -0.39 is 0 Å². The molecule has 1 aromatic heterocycles. The van der Waals surface area contributed by atoms with Gasteiger partial charge in [0.25, 0.3) is 0 Å². The van der Waals surface area contributed by atoms with Crippen LogP contribution in [0, 0.1) is 11.3 Å². The maximum absolute atomic E-state index is 12.1. The Morgan fingerprint density at radius 3 is 2.54 bits per heavy atom. The summed E-state index contributed by atoms with van der Waals surface area (Å²) in [7, 11) is 0. The number of nitrogens with zero attached hydrogens (tertiary/aromatic N) is 2. The predicted octanol–water partition coefficient (Wildman–Crippen LogP) is 4.22. The number of nitriles is 1. The zero-order valence-electron chi connectivity index (χ0n) is 12.7. The topological polar surface area (TPSA) is 91.0 Å². The van der Waals surface area contributed by atoms with E-state index in [0.29, 0.717) is 22.9 Å². The van der Waals surface area contributed by atoms with Gasteiger partial charge in [-0.25, -0.2) is 9.78 Å². The fourth-order valence-corrected chi connectivity index (χ4v) is 2.45. The van der Waals surface area contributed by atoms with Crippen molar-refractivity contribution in [3.8, 4) is 6.07 Å². The number of fused-ring (bicyclic) bond motifs is 1. The highest BCUT2D eigenvalue weighted by Crippen LogP contribution is 2.40. The van der Waals surface area contributed by atoms with Crippen LogP contribution in [0.1, 0.15) is 30.2 Å². The van der Waals surface area contributed by atoms with Crippen LogP contribution in [-0.2, 0) is 0 Å². The van der Waals surface area contributed by atoms with Crippen LogP contribution in [-0.4, -0.2) is 11.0 Å². The van der Waals surface area contributed by atoms with Crippen molar-refractivity contribution in [3.05, 3.63) is 53.9 Å². The molecule has 118 valence electrons. The monoisotopic (exact) mass is 318 g/mol. The molecule has 2 N–H and O–H groups in total. The minimum atomic E-state index is -0.357. The Bertz CT molecular complexity index is 949. The van der Waals surface area contributed by atoms with E-state index in [4.69, 9.17) is 9.68 Å². The summed E-state index contributed by atoms with van der Waals surface area (Å²) in [6, 6.07) is 13.7. The third kappa shape index (κ3) is 2.92. The molecule has 4 rings (SSSR count). The van der Waals surface area contributed by atoms with E-state index in [2.05, 4.69) is 15.6 Å². The van der Waals surface area contributed by atoms with Gasteiger partial charge in [-0.3, -0.25) is 0 Å². The molecule has 1 aliphatic rings. The van der Waals surface area contributed by atoms with E-state index in [1.165, 1.54) is 0 Å². The number of rotatable bonds is 3. The van der Waals surface area contributed by atoms with E-state index >= 15 is 0 Å². The summed E-state index contributed by atoms with van der Waals surface area (Å²) in [5.74, 6) is 1.23. The molecule has 1 fully saturated rings. The lowest BCUT2D eigenvalue weighted by atomic mass is 10.2. The highest BCUT2D eigenvalue weighted by Gasteiger charge is 2.28. The number of anilines is 2. The Balaban J connectivity index is 1.46. The summed E-state index contributed by atoms with van der Waals surface area (Å²) in [4.78, 5) is 16.5. The van der Waals surface area contributed by atoms with Crippen LogP contribution in [0.15, 0.2) is 46.9 Å². The van der Waals surface area contributed by atoms with Crippen molar-refractivity contribution < 1.29 is 9.21 Å². The molecule has 0 radical (unpaired) electrons. The fourth-order valence-electron chi connectivity index (χ4n) is 2.45. The molecule has 3 aromatic rings. The molecular weight excluding hydrogens is 304 g/mol. The van der Waals surface area contributed by atoms with Gasteiger partial charge in [-0.1, -0.05) is 0 Å². The lowest BCUT2D eigenvalue weighted by Gasteiger charge is -2.07. The number of amides is 2. The average molecular weight is 318 g/mol. The SMILES string of the molecule is N#Cc1ccc(NC(=O)Nc2ccc3oc(C4CC4)nc3c2)cc1. The number of oxazole rings is 1. The lowest BCUT2D eigenvalue weighted by molar-refractivity contribution is 0.262. The summed E-state index contributed by atoms with van der Waals surface area (Å²) in [5, 5.41) is 14.3. The van der Waals surface area contributed by atoms with Gasteiger partial charge in [-0.05, 0) is 55.3 Å². The van der Waals surface area contributed by atoms with Crippen molar-refractivity contribution >= 4 is 28.5 Å². The van der Waals surface area contributed by atoms with Gasteiger partial charge in [0.2, 0.25) is 0 Å². The van der Waals surface area contributed by atoms with Crippen LogP contribution in [0.4, 0.5) is 16.2 Å². The van der Waals surface area contributed by atoms with Crippen LogP contribution in [0.2, 0.25) is 0 Å². The summed E-state index contributed by atoms with van der Waals surface area (Å²) in [6.07, 6.45) is 2.26. The van der Waals surface area contributed by atoms with Crippen molar-refractivity contribution in [3.63, 3.8) is 0 Å². The van der Waals surface area contributed by atoms with E-state index in [1.54, 1.807) is 36.4 Å². The molecule has 0 aliphatic heterocycles. The number of aromatic nitrogens is 1. The van der Waals surface area contributed by atoms with Gasteiger partial charge < -0.3 is 15.1 Å². The third-order valence-electron chi connectivity index (χ3n) is 3.86. The van der Waals surface area contributed by atoms with Gasteiger partial charge in [0, 0.05) is 17.3 Å². The molecule has 6 heteroatoms. The van der Waals surface area contributed by atoms with Crippen molar-refractivity contribution in [2.45, 2.75) is 18.8 Å². The van der Waals surface area contributed by atoms with Crippen LogP contribution in [0.5, 0.6) is 0 Å². The van der Waals surface area contributed by atoms with E-state index in [0.717, 1.165) is 29.8 Å². The number of hydrogen-bond acceptors (Lipinski definition) is 4. The molecule has 0 bridgehead atoms. The first-order chi connectivity index (χ1) is 11.7. The normalized spacial score (nSPS) is 13.5. The first-order valence-corrected chi connectivity index (χ1v) is 7.70. The molecule has 6 nitrogen and oxygen atoms in total. The highest BCUT2D eigenvalue weighted by atomic mass is 16.3. The maximum atomic E-state index is 12.1. The molecule has 0 saturated heterocycles. The second kappa shape index (κ2) is 5.70. The molecule has 1 saturated carbocycles. The fraction of sp³-hybridized carbons (Fsp3) is 0.167. The lowest BCUT2D eigenvalue weighted by Crippen LogP contribution is -2.19. The summed E-state index contributed by atoms with van der Waals surface area (Å²) >= 11 is 0. The summed E-state index contributed by atoms with van der Waals surface area (Å²) in [5.41, 5.74) is 3.28. The minimum absolute atomic E-state index is 0.357. The third-order valence-corrected chi connectivity index (χ3v) is 3.86. The van der Waals surface area contributed by atoms with Gasteiger partial charge in [-0.15, -0.1) is 0 Å². The predicted molar refractivity (Wildman–Crippen MR) is 89.8 cm³/mol. The van der Waals surface area contributed by atoms with Crippen molar-refractivity contribution in [2.24, 2.45) is 0 Å². The highest BCUT2D eigenvalue weighted by molar-refractivity contribution is 6.00. The smallest absolute Gasteiger partial charge is 0.323 e. The molecule has 0 spiro atoms. The van der Waals surface area contributed by atoms with Crippen LogP contribution < -0.4 is 10.6 Å². The number of carbonyl (C=O) groups is 1. The van der Waals surface area contributed by atoms with Gasteiger partial charge in [-0.2, -0.15) is 5.26 Å². The van der Waals surface area contributed by atoms with E-state index in [-0.39, 0.29) is 6.03 Å². The molecule has 1 heterocycles. The molecule has 1 aliphatic carbocycles. The van der Waals surface area contributed by atoms with Gasteiger partial charge in [0.05, 0.1) is 11.6 Å². The Morgan fingerprint density at radius 2 is 1.83 bits per heavy atom. The minimum Gasteiger partial charge on any atom is -0.440 e. The molecular formula is C18H14N4O2. The number of carbonyl (C=O) groups excluding carboxylic acids is 1. The van der Waals surface area contributed by atoms with Gasteiger partial charge >= 0.3 is 6.03 Å². The standard InChI is InChI=1S/C18H14N4O2/c19-10-11-1-5-13(6-2-11)20-18(23)21-14-7-8-16-15(9-14)22-17(24-16)12-3-4-12/h1-2,5-9,12H,3-4H2,(H2,20,21,23). The van der Waals surface area contributed by atoms with E-state index in [1.807, 2.05) is 12.1 Å². The summed E-state index contributed by atoms with van der Waals surface area (Å²) in [6.45, 7) is 0. The second-order valence-electron chi connectivity index (χ2n) is 5.78. The Kier molecular flexibility index (Phi) is 3.39. The Hall–Kier alpha value is -3.33. The zero-order valence-corrected chi connectivity index (χ0v) is 12.7. The number of nitrogens with one attached hydrogen (secondary N) is 2. The zero-order chi connectivity index (χ0) is 16.5. The largest absolute Gasteiger partial charge is 0.440 e. The van der Waals surface area contributed by atoms with Crippen LogP contribution in [0.3, 0.4) is 0 Å². The number of hydrogen-bond donors (Lipinski definition) is 2. The van der Waals surface area contributed by atoms with Crippen LogP contribution in [0.25, 0.3) is 11.1 Å². The first-order valence-electron chi connectivity index (χ1n) is 7.70. The molecule has 2 aromatic carbocycles. The van der Waals surface area contributed by atoms with Crippen molar-refractivity contribution in [1.29, 1.82) is 5.26 Å². The Morgan fingerprint density at radius 1 is 1.12 bits per heavy atom. The molecule has 0 unspecified atom stereocenters. The Labute approximate surface area is 138 Å².